The van der Waals surface area contributed by atoms with E-state index in [4.69, 9.17) is 0 Å². The van der Waals surface area contributed by atoms with Crippen molar-refractivity contribution in [3.05, 3.63) is 65.5 Å². The monoisotopic (exact) mass is 309 g/mol. The van der Waals surface area contributed by atoms with Crippen molar-refractivity contribution in [3.8, 4) is 0 Å². The minimum absolute atomic E-state index is 0.117. The highest BCUT2D eigenvalue weighted by atomic mass is 16.1. The molecule has 0 saturated carbocycles. The van der Waals surface area contributed by atoms with Crippen molar-refractivity contribution in [2.45, 2.75) is 25.8 Å². The van der Waals surface area contributed by atoms with Crippen LogP contribution in [0, 0.1) is 0 Å². The van der Waals surface area contributed by atoms with Gasteiger partial charge in [-0.15, -0.1) is 0 Å². The molecule has 0 radical (unpaired) electrons. The number of aromatic nitrogens is 1. The van der Waals surface area contributed by atoms with Crippen LogP contribution in [0.15, 0.2) is 48.8 Å². The Morgan fingerprint density at radius 1 is 1.17 bits per heavy atom. The van der Waals surface area contributed by atoms with Crippen molar-refractivity contribution < 1.29 is 4.79 Å². The van der Waals surface area contributed by atoms with E-state index in [0.29, 0.717) is 13.0 Å². The maximum Gasteiger partial charge on any atom is 0.220 e. The Bertz CT molecular complexity index is 642. The molecule has 1 N–H and O–H groups in total. The number of hydrogen-bond donors (Lipinski definition) is 1. The van der Waals surface area contributed by atoms with Gasteiger partial charge in [0, 0.05) is 45.0 Å². The molecule has 2 heterocycles. The van der Waals surface area contributed by atoms with Crippen LogP contribution in [0.4, 0.5) is 0 Å². The molecular formula is C19H23N3O. The molecule has 120 valence electrons. The van der Waals surface area contributed by atoms with Gasteiger partial charge in [-0.25, -0.2) is 0 Å². The first-order chi connectivity index (χ1) is 11.3. The summed E-state index contributed by atoms with van der Waals surface area (Å²) in [5.74, 6) is 0.117. The molecule has 0 fully saturated rings. The van der Waals surface area contributed by atoms with E-state index < -0.39 is 0 Å². The highest BCUT2D eigenvalue weighted by Crippen LogP contribution is 2.17. The molecule has 2 aromatic rings. The number of fused-ring (bicyclic) bond motifs is 1. The second-order valence-corrected chi connectivity index (χ2v) is 6.01. The highest BCUT2D eigenvalue weighted by Gasteiger charge is 2.15. The molecule has 0 bridgehead atoms. The van der Waals surface area contributed by atoms with Crippen LogP contribution in [-0.2, 0) is 24.2 Å². The molecule has 23 heavy (non-hydrogen) atoms. The zero-order valence-electron chi connectivity index (χ0n) is 13.4. The number of pyridine rings is 1. The van der Waals surface area contributed by atoms with Crippen LogP contribution in [0.25, 0.3) is 0 Å². The Kier molecular flexibility index (Phi) is 5.37. The predicted molar refractivity (Wildman–Crippen MR) is 91.0 cm³/mol. The number of carbonyl (C=O) groups excluding carboxylic acids is 1. The summed E-state index contributed by atoms with van der Waals surface area (Å²) in [5.41, 5.74) is 3.99. The van der Waals surface area contributed by atoms with Crippen molar-refractivity contribution in [2.24, 2.45) is 0 Å². The van der Waals surface area contributed by atoms with Crippen molar-refractivity contribution in [1.29, 1.82) is 0 Å². The standard InChI is InChI=1S/C19H23N3O/c23-19(8-7-16-4-3-10-20-14-16)21-11-13-22-12-9-17-5-1-2-6-18(17)15-22/h1-6,10,14H,7-9,11-13,15H2,(H,21,23). The number of nitrogens with zero attached hydrogens (tertiary/aromatic N) is 2. The van der Waals surface area contributed by atoms with Gasteiger partial charge in [0.25, 0.3) is 0 Å². The third kappa shape index (κ3) is 4.63. The molecule has 1 aromatic heterocycles. The first kappa shape index (κ1) is 15.7. The smallest absolute Gasteiger partial charge is 0.220 e. The lowest BCUT2D eigenvalue weighted by molar-refractivity contribution is -0.121. The molecule has 1 aromatic carbocycles. The summed E-state index contributed by atoms with van der Waals surface area (Å²) in [4.78, 5) is 18.4. The summed E-state index contributed by atoms with van der Waals surface area (Å²) in [7, 11) is 0. The maximum atomic E-state index is 11.9. The highest BCUT2D eigenvalue weighted by molar-refractivity contribution is 5.76. The van der Waals surface area contributed by atoms with Gasteiger partial charge < -0.3 is 5.32 Å². The van der Waals surface area contributed by atoms with Gasteiger partial charge in [-0.2, -0.15) is 0 Å². The molecule has 0 atom stereocenters. The average molecular weight is 309 g/mol. The Morgan fingerprint density at radius 3 is 2.87 bits per heavy atom. The molecule has 4 heteroatoms. The molecule has 0 aliphatic carbocycles. The van der Waals surface area contributed by atoms with Gasteiger partial charge >= 0.3 is 0 Å². The zero-order valence-corrected chi connectivity index (χ0v) is 13.4. The number of benzene rings is 1. The van der Waals surface area contributed by atoms with E-state index in [-0.39, 0.29) is 5.91 Å². The summed E-state index contributed by atoms with van der Waals surface area (Å²) >= 11 is 0. The fourth-order valence-corrected chi connectivity index (χ4v) is 2.99. The van der Waals surface area contributed by atoms with Crippen LogP contribution in [0.2, 0.25) is 0 Å². The topological polar surface area (TPSA) is 45.2 Å². The molecule has 3 rings (SSSR count). The summed E-state index contributed by atoms with van der Waals surface area (Å²) in [6.45, 7) is 3.69. The summed E-state index contributed by atoms with van der Waals surface area (Å²) < 4.78 is 0. The SMILES string of the molecule is O=C(CCc1cccnc1)NCCN1CCc2ccccc2C1. The number of amides is 1. The minimum atomic E-state index is 0.117. The molecule has 1 amide bonds. The van der Waals surface area contributed by atoms with Gasteiger partial charge in [-0.3, -0.25) is 14.7 Å². The van der Waals surface area contributed by atoms with E-state index in [2.05, 4.69) is 39.5 Å². The summed E-state index contributed by atoms with van der Waals surface area (Å²) in [6.07, 6.45) is 5.94. The Hall–Kier alpha value is -2.20. The molecule has 1 aliphatic heterocycles. The molecule has 1 aliphatic rings. The average Bonchev–Trinajstić information content (AvgIpc) is 2.61. The Balaban J connectivity index is 1.36. The fourth-order valence-electron chi connectivity index (χ4n) is 2.99. The van der Waals surface area contributed by atoms with Crippen molar-refractivity contribution in [1.82, 2.24) is 15.2 Å². The third-order valence-corrected chi connectivity index (χ3v) is 4.32. The number of carbonyl (C=O) groups is 1. The van der Waals surface area contributed by atoms with E-state index >= 15 is 0 Å². The molecule has 0 spiro atoms. The van der Waals surface area contributed by atoms with E-state index in [0.717, 1.165) is 38.0 Å². The number of hydrogen-bond acceptors (Lipinski definition) is 3. The normalized spacial score (nSPS) is 14.3. The van der Waals surface area contributed by atoms with Gasteiger partial charge in [-0.1, -0.05) is 30.3 Å². The number of aryl methyl sites for hydroxylation is 1. The van der Waals surface area contributed by atoms with E-state index in [1.54, 1.807) is 6.20 Å². The Labute approximate surface area is 137 Å². The van der Waals surface area contributed by atoms with Crippen molar-refractivity contribution in [3.63, 3.8) is 0 Å². The van der Waals surface area contributed by atoms with Gasteiger partial charge in [0.15, 0.2) is 0 Å². The van der Waals surface area contributed by atoms with Crippen LogP contribution in [0.3, 0.4) is 0 Å². The van der Waals surface area contributed by atoms with E-state index in [1.807, 2.05) is 18.3 Å². The second kappa shape index (κ2) is 7.88. The van der Waals surface area contributed by atoms with Gasteiger partial charge in [-0.05, 0) is 35.6 Å². The maximum absolute atomic E-state index is 11.9. The van der Waals surface area contributed by atoms with Crippen LogP contribution in [0.1, 0.15) is 23.1 Å². The first-order valence-electron chi connectivity index (χ1n) is 8.26. The number of rotatable bonds is 6. The van der Waals surface area contributed by atoms with Crippen molar-refractivity contribution >= 4 is 5.91 Å². The molecule has 0 unspecified atom stereocenters. The largest absolute Gasteiger partial charge is 0.355 e. The molecule has 4 nitrogen and oxygen atoms in total. The van der Waals surface area contributed by atoms with Crippen molar-refractivity contribution in [2.75, 3.05) is 19.6 Å². The Morgan fingerprint density at radius 2 is 2.04 bits per heavy atom. The molecule has 0 saturated heterocycles. The zero-order chi connectivity index (χ0) is 15.9. The van der Waals surface area contributed by atoms with Crippen LogP contribution < -0.4 is 5.32 Å². The van der Waals surface area contributed by atoms with E-state index in [9.17, 15) is 4.79 Å². The van der Waals surface area contributed by atoms with Crippen LogP contribution >= 0.6 is 0 Å². The lowest BCUT2D eigenvalue weighted by Crippen LogP contribution is -2.37. The number of nitrogens with one attached hydrogen (secondary N) is 1. The van der Waals surface area contributed by atoms with Gasteiger partial charge in [0.05, 0.1) is 0 Å². The van der Waals surface area contributed by atoms with Crippen LogP contribution in [-0.4, -0.2) is 35.4 Å². The first-order valence-corrected chi connectivity index (χ1v) is 8.26. The van der Waals surface area contributed by atoms with Crippen LogP contribution in [0.5, 0.6) is 0 Å². The lowest BCUT2D eigenvalue weighted by Gasteiger charge is -2.28. The van der Waals surface area contributed by atoms with Gasteiger partial charge in [0.2, 0.25) is 5.91 Å². The predicted octanol–water partition coefficient (Wildman–Crippen LogP) is 2.19. The third-order valence-electron chi connectivity index (χ3n) is 4.32. The molecular weight excluding hydrogens is 286 g/mol. The second-order valence-electron chi connectivity index (χ2n) is 6.01. The summed E-state index contributed by atoms with van der Waals surface area (Å²) in [6, 6.07) is 12.5. The van der Waals surface area contributed by atoms with Gasteiger partial charge in [0.1, 0.15) is 0 Å². The minimum Gasteiger partial charge on any atom is -0.355 e. The lowest BCUT2D eigenvalue weighted by atomic mass is 10.00. The van der Waals surface area contributed by atoms with E-state index in [1.165, 1.54) is 11.1 Å². The fraction of sp³-hybridized carbons (Fsp3) is 0.368. The quantitative estimate of drug-likeness (QED) is 0.889. The summed E-state index contributed by atoms with van der Waals surface area (Å²) in [5, 5.41) is 3.02.